The predicted molar refractivity (Wildman–Crippen MR) is 131 cm³/mol. The van der Waals surface area contributed by atoms with E-state index in [-0.39, 0.29) is 11.5 Å². The van der Waals surface area contributed by atoms with E-state index in [9.17, 15) is 9.59 Å². The van der Waals surface area contributed by atoms with Crippen LogP contribution in [0, 0.1) is 0 Å². The molecule has 3 aromatic rings. The Morgan fingerprint density at radius 1 is 1.03 bits per heavy atom. The first-order valence-electron chi connectivity index (χ1n) is 10.8. The van der Waals surface area contributed by atoms with Crippen LogP contribution in [0.15, 0.2) is 83.5 Å². The SMILES string of the molecule is COc1cc(/C=C2/C(=O)N(c3ccc(C(=O)O)cc3)N=C2C)ccc1OCCc1ccccc1. The van der Waals surface area contributed by atoms with Crippen LogP contribution in [0.25, 0.3) is 6.08 Å². The van der Waals surface area contributed by atoms with Crippen LogP contribution < -0.4 is 14.5 Å². The van der Waals surface area contributed by atoms with Gasteiger partial charge in [-0.1, -0.05) is 36.4 Å². The Bertz CT molecular complexity index is 1260. The molecule has 1 N–H and O–H groups in total. The summed E-state index contributed by atoms with van der Waals surface area (Å²) in [5.41, 5.74) is 3.62. The molecule has 0 radical (unpaired) electrons. The Labute approximate surface area is 197 Å². The molecule has 7 heteroatoms. The molecule has 172 valence electrons. The summed E-state index contributed by atoms with van der Waals surface area (Å²) >= 11 is 0. The van der Waals surface area contributed by atoms with E-state index in [1.807, 2.05) is 36.4 Å². The van der Waals surface area contributed by atoms with E-state index in [1.165, 1.54) is 22.7 Å². The van der Waals surface area contributed by atoms with Crippen molar-refractivity contribution in [1.82, 2.24) is 0 Å². The smallest absolute Gasteiger partial charge is 0.335 e. The van der Waals surface area contributed by atoms with Gasteiger partial charge in [0.15, 0.2) is 11.5 Å². The number of rotatable bonds is 8. The number of methoxy groups -OCH3 is 1. The fourth-order valence-corrected chi connectivity index (χ4v) is 3.59. The van der Waals surface area contributed by atoms with Crippen LogP contribution in [-0.4, -0.2) is 36.4 Å². The van der Waals surface area contributed by atoms with Crippen molar-refractivity contribution in [2.24, 2.45) is 5.10 Å². The van der Waals surface area contributed by atoms with E-state index in [0.29, 0.717) is 35.1 Å². The summed E-state index contributed by atoms with van der Waals surface area (Å²) in [6.45, 7) is 2.27. The number of anilines is 1. The van der Waals surface area contributed by atoms with Gasteiger partial charge in [0.2, 0.25) is 0 Å². The quantitative estimate of drug-likeness (QED) is 0.491. The van der Waals surface area contributed by atoms with Gasteiger partial charge in [0.25, 0.3) is 5.91 Å². The number of carbonyl (C=O) groups excluding carboxylic acids is 1. The molecule has 34 heavy (non-hydrogen) atoms. The molecule has 0 fully saturated rings. The Balaban J connectivity index is 1.49. The van der Waals surface area contributed by atoms with E-state index in [0.717, 1.165) is 12.0 Å². The highest BCUT2D eigenvalue weighted by molar-refractivity contribution is 6.32. The second-order valence-corrected chi connectivity index (χ2v) is 7.71. The van der Waals surface area contributed by atoms with Crippen molar-refractivity contribution in [2.75, 3.05) is 18.7 Å². The average molecular weight is 456 g/mol. The summed E-state index contributed by atoms with van der Waals surface area (Å²) in [7, 11) is 1.58. The van der Waals surface area contributed by atoms with Crippen LogP contribution in [-0.2, 0) is 11.2 Å². The van der Waals surface area contributed by atoms with Gasteiger partial charge in [0, 0.05) is 6.42 Å². The number of carbonyl (C=O) groups is 2. The second kappa shape index (κ2) is 10.0. The fraction of sp³-hybridized carbons (Fsp3) is 0.148. The molecule has 1 aliphatic heterocycles. The van der Waals surface area contributed by atoms with Crippen molar-refractivity contribution in [1.29, 1.82) is 0 Å². The zero-order valence-corrected chi connectivity index (χ0v) is 18.9. The molecule has 1 heterocycles. The van der Waals surface area contributed by atoms with Crippen molar-refractivity contribution < 1.29 is 24.2 Å². The van der Waals surface area contributed by atoms with Crippen LogP contribution in [0.5, 0.6) is 11.5 Å². The van der Waals surface area contributed by atoms with Crippen LogP contribution in [0.2, 0.25) is 0 Å². The van der Waals surface area contributed by atoms with Crippen molar-refractivity contribution in [3.63, 3.8) is 0 Å². The van der Waals surface area contributed by atoms with Gasteiger partial charge in [-0.05, 0) is 60.5 Å². The Morgan fingerprint density at radius 3 is 2.44 bits per heavy atom. The maximum atomic E-state index is 13.0. The third kappa shape index (κ3) is 4.99. The highest BCUT2D eigenvalue weighted by atomic mass is 16.5. The van der Waals surface area contributed by atoms with Gasteiger partial charge in [0.05, 0.1) is 36.3 Å². The summed E-state index contributed by atoms with van der Waals surface area (Å²) in [4.78, 5) is 24.1. The van der Waals surface area contributed by atoms with Crippen LogP contribution in [0.3, 0.4) is 0 Å². The molecule has 0 saturated carbocycles. The number of hydrogen-bond acceptors (Lipinski definition) is 5. The summed E-state index contributed by atoms with van der Waals surface area (Å²) in [5.74, 6) is -0.115. The topological polar surface area (TPSA) is 88.4 Å². The van der Waals surface area contributed by atoms with Gasteiger partial charge in [-0.2, -0.15) is 10.1 Å². The van der Waals surface area contributed by atoms with E-state index >= 15 is 0 Å². The second-order valence-electron chi connectivity index (χ2n) is 7.71. The van der Waals surface area contributed by atoms with Gasteiger partial charge < -0.3 is 14.6 Å². The van der Waals surface area contributed by atoms with Crippen molar-refractivity contribution in [3.05, 3.63) is 95.1 Å². The monoisotopic (exact) mass is 456 g/mol. The van der Waals surface area contributed by atoms with Crippen molar-refractivity contribution in [2.45, 2.75) is 13.3 Å². The molecule has 1 aliphatic rings. The number of benzene rings is 3. The number of hydrogen-bond donors (Lipinski definition) is 1. The van der Waals surface area contributed by atoms with Crippen molar-refractivity contribution in [3.8, 4) is 11.5 Å². The molecule has 3 aromatic carbocycles. The normalized spacial score (nSPS) is 14.3. The minimum absolute atomic E-state index is 0.144. The third-order valence-corrected chi connectivity index (χ3v) is 5.41. The average Bonchev–Trinajstić information content (AvgIpc) is 3.13. The molecule has 1 amide bonds. The Kier molecular flexibility index (Phi) is 6.73. The number of nitrogens with zero attached hydrogens (tertiary/aromatic N) is 2. The Hall–Kier alpha value is -4.39. The molecule has 0 aromatic heterocycles. The highest BCUT2D eigenvalue weighted by Gasteiger charge is 2.28. The molecule has 0 atom stereocenters. The molecule has 7 nitrogen and oxygen atoms in total. The molecule has 0 unspecified atom stereocenters. The Morgan fingerprint density at radius 2 is 1.76 bits per heavy atom. The van der Waals surface area contributed by atoms with Gasteiger partial charge >= 0.3 is 5.97 Å². The van der Waals surface area contributed by atoms with E-state index in [4.69, 9.17) is 14.6 Å². The number of ether oxygens (including phenoxy) is 2. The maximum Gasteiger partial charge on any atom is 0.335 e. The lowest BCUT2D eigenvalue weighted by atomic mass is 10.1. The van der Waals surface area contributed by atoms with E-state index in [1.54, 1.807) is 32.2 Å². The zero-order valence-electron chi connectivity index (χ0n) is 18.9. The summed E-state index contributed by atoms with van der Waals surface area (Å²) < 4.78 is 11.4. The van der Waals surface area contributed by atoms with Gasteiger partial charge in [-0.15, -0.1) is 0 Å². The van der Waals surface area contributed by atoms with Crippen LogP contribution >= 0.6 is 0 Å². The lowest BCUT2D eigenvalue weighted by Crippen LogP contribution is -2.21. The number of hydrazone groups is 1. The number of aromatic carboxylic acids is 1. The lowest BCUT2D eigenvalue weighted by molar-refractivity contribution is -0.114. The predicted octanol–water partition coefficient (Wildman–Crippen LogP) is 4.82. The molecule has 0 bridgehead atoms. The largest absolute Gasteiger partial charge is 0.493 e. The molecular formula is C27H24N2O5. The van der Waals surface area contributed by atoms with Gasteiger partial charge in [0.1, 0.15) is 0 Å². The number of carboxylic acids is 1. The number of amides is 1. The van der Waals surface area contributed by atoms with Gasteiger partial charge in [-0.3, -0.25) is 4.79 Å². The summed E-state index contributed by atoms with van der Waals surface area (Å²) in [6.07, 6.45) is 2.53. The fourth-order valence-electron chi connectivity index (χ4n) is 3.59. The first kappa shape index (κ1) is 22.8. The highest BCUT2D eigenvalue weighted by Crippen LogP contribution is 2.31. The van der Waals surface area contributed by atoms with E-state index in [2.05, 4.69) is 17.2 Å². The standard InChI is InChI=1S/C27H24N2O5/c1-18-23(26(30)29(28-18)22-11-9-21(10-12-22)27(31)32)16-20-8-13-24(25(17-20)33-2)34-15-14-19-6-4-3-5-7-19/h3-13,16-17H,14-15H2,1-2H3,(H,31,32)/b23-16+. The molecule has 0 spiro atoms. The minimum atomic E-state index is -1.03. The summed E-state index contributed by atoms with van der Waals surface area (Å²) in [5, 5.41) is 14.7. The van der Waals surface area contributed by atoms with Crippen molar-refractivity contribution >= 4 is 29.4 Å². The minimum Gasteiger partial charge on any atom is -0.493 e. The van der Waals surface area contributed by atoms with Gasteiger partial charge in [-0.25, -0.2) is 4.79 Å². The third-order valence-electron chi connectivity index (χ3n) is 5.41. The van der Waals surface area contributed by atoms with Crippen LogP contribution in [0.4, 0.5) is 5.69 Å². The molecular weight excluding hydrogens is 432 g/mol. The first-order valence-corrected chi connectivity index (χ1v) is 10.8. The summed E-state index contributed by atoms with van der Waals surface area (Å²) in [6, 6.07) is 21.6. The number of carboxylic acid groups (broad SMARTS) is 1. The maximum absolute atomic E-state index is 13.0. The van der Waals surface area contributed by atoms with E-state index < -0.39 is 5.97 Å². The first-order chi connectivity index (χ1) is 16.5. The molecule has 0 aliphatic carbocycles. The zero-order chi connectivity index (χ0) is 24.1. The lowest BCUT2D eigenvalue weighted by Gasteiger charge is -2.12. The van der Waals surface area contributed by atoms with Crippen LogP contribution in [0.1, 0.15) is 28.4 Å². The molecule has 0 saturated heterocycles. The molecule has 4 rings (SSSR count).